The molecule has 3 rings (SSSR count). The lowest BCUT2D eigenvalue weighted by Gasteiger charge is -2.20. The van der Waals surface area contributed by atoms with Crippen LogP contribution in [0.3, 0.4) is 0 Å². The standard InChI is InChI=1S/C16H19FN4O2S2/c1-16(2,3)23-15(22)19-11-6-10(17)14(20-13(11)9-4-5-9)25-21-12-7-24-8-18-12/h6-9,21H,4-5H2,1-3H3,(H,19,22). The van der Waals surface area contributed by atoms with E-state index in [4.69, 9.17) is 4.74 Å². The third kappa shape index (κ3) is 5.05. The van der Waals surface area contributed by atoms with E-state index in [0.29, 0.717) is 17.2 Å². The highest BCUT2D eigenvalue weighted by Gasteiger charge is 2.30. The van der Waals surface area contributed by atoms with Crippen molar-refractivity contribution < 1.29 is 13.9 Å². The minimum atomic E-state index is -0.622. The van der Waals surface area contributed by atoms with E-state index in [1.54, 1.807) is 26.3 Å². The smallest absolute Gasteiger partial charge is 0.412 e. The highest BCUT2D eigenvalue weighted by Crippen LogP contribution is 2.43. The Balaban J connectivity index is 1.77. The first kappa shape index (κ1) is 17.9. The molecule has 0 bridgehead atoms. The summed E-state index contributed by atoms with van der Waals surface area (Å²) in [6.07, 6.45) is 1.34. The van der Waals surface area contributed by atoms with Crippen molar-refractivity contribution >= 4 is 40.9 Å². The maximum atomic E-state index is 14.4. The Hall–Kier alpha value is -1.87. The van der Waals surface area contributed by atoms with Crippen LogP contribution in [0, 0.1) is 5.82 Å². The summed E-state index contributed by atoms with van der Waals surface area (Å²) in [6.45, 7) is 5.32. The second-order valence-corrected chi connectivity index (χ2v) is 8.20. The molecule has 9 heteroatoms. The summed E-state index contributed by atoms with van der Waals surface area (Å²) in [6, 6.07) is 1.30. The van der Waals surface area contributed by atoms with Gasteiger partial charge in [0.2, 0.25) is 0 Å². The van der Waals surface area contributed by atoms with Gasteiger partial charge in [-0.1, -0.05) is 0 Å². The Kier molecular flexibility index (Phi) is 5.14. The van der Waals surface area contributed by atoms with Crippen LogP contribution < -0.4 is 10.0 Å². The number of thiazole rings is 1. The summed E-state index contributed by atoms with van der Waals surface area (Å²) in [7, 11) is 0. The van der Waals surface area contributed by atoms with Gasteiger partial charge < -0.3 is 9.46 Å². The molecule has 0 spiro atoms. The van der Waals surface area contributed by atoms with Crippen LogP contribution in [0.15, 0.2) is 22.0 Å². The van der Waals surface area contributed by atoms with Gasteiger partial charge in [0.25, 0.3) is 0 Å². The van der Waals surface area contributed by atoms with Crippen LogP contribution in [0.5, 0.6) is 0 Å². The highest BCUT2D eigenvalue weighted by atomic mass is 32.2. The number of hydrogen-bond acceptors (Lipinski definition) is 7. The SMILES string of the molecule is CC(C)(C)OC(=O)Nc1cc(F)c(SNc2cscn2)nc1C1CC1. The molecular formula is C16H19FN4O2S2. The molecule has 0 atom stereocenters. The van der Waals surface area contributed by atoms with E-state index in [1.165, 1.54) is 17.4 Å². The average molecular weight is 382 g/mol. The van der Waals surface area contributed by atoms with E-state index in [-0.39, 0.29) is 10.9 Å². The zero-order valence-electron chi connectivity index (χ0n) is 14.1. The monoisotopic (exact) mass is 382 g/mol. The number of ether oxygens (including phenoxy) is 1. The van der Waals surface area contributed by atoms with Gasteiger partial charge in [-0.3, -0.25) is 5.32 Å². The lowest BCUT2D eigenvalue weighted by atomic mass is 10.2. The number of nitrogens with zero attached hydrogens (tertiary/aromatic N) is 2. The molecule has 0 radical (unpaired) electrons. The van der Waals surface area contributed by atoms with Crippen LogP contribution in [-0.4, -0.2) is 21.7 Å². The molecule has 2 heterocycles. The molecule has 1 amide bonds. The van der Waals surface area contributed by atoms with Crippen molar-refractivity contribution in [1.29, 1.82) is 0 Å². The molecule has 0 unspecified atom stereocenters. The molecule has 1 aliphatic rings. The second kappa shape index (κ2) is 7.17. The molecule has 2 aromatic rings. The van der Waals surface area contributed by atoms with Gasteiger partial charge in [0.1, 0.15) is 11.4 Å². The van der Waals surface area contributed by atoms with Gasteiger partial charge in [0, 0.05) is 29.3 Å². The number of halogens is 1. The molecule has 1 aliphatic carbocycles. The van der Waals surface area contributed by atoms with Crippen LogP contribution >= 0.6 is 23.3 Å². The maximum Gasteiger partial charge on any atom is 0.412 e. The Bertz CT molecular complexity index is 758. The first-order valence-electron chi connectivity index (χ1n) is 7.83. The van der Waals surface area contributed by atoms with Crippen molar-refractivity contribution in [1.82, 2.24) is 9.97 Å². The molecule has 1 fully saturated rings. The molecule has 25 heavy (non-hydrogen) atoms. The number of pyridine rings is 1. The molecule has 1 saturated carbocycles. The summed E-state index contributed by atoms with van der Waals surface area (Å²) in [5.74, 6) is 0.382. The first-order chi connectivity index (χ1) is 11.8. The zero-order valence-corrected chi connectivity index (χ0v) is 15.8. The Morgan fingerprint density at radius 2 is 2.20 bits per heavy atom. The number of rotatable bonds is 5. The third-order valence-corrected chi connectivity index (χ3v) is 4.63. The predicted molar refractivity (Wildman–Crippen MR) is 97.6 cm³/mol. The highest BCUT2D eigenvalue weighted by molar-refractivity contribution is 8.00. The fourth-order valence-corrected chi connectivity index (χ4v) is 3.27. The van der Waals surface area contributed by atoms with Crippen LogP contribution in [-0.2, 0) is 4.74 Å². The molecule has 6 nitrogen and oxygen atoms in total. The van der Waals surface area contributed by atoms with E-state index >= 15 is 0 Å². The molecule has 0 saturated heterocycles. The average Bonchev–Trinajstić information content (AvgIpc) is 3.20. The topological polar surface area (TPSA) is 76.1 Å². The van der Waals surface area contributed by atoms with E-state index in [2.05, 4.69) is 20.0 Å². The van der Waals surface area contributed by atoms with Crippen molar-refractivity contribution in [2.24, 2.45) is 0 Å². The van der Waals surface area contributed by atoms with Crippen molar-refractivity contribution in [2.45, 2.75) is 50.2 Å². The lowest BCUT2D eigenvalue weighted by Crippen LogP contribution is -2.27. The maximum absolute atomic E-state index is 14.4. The molecule has 2 N–H and O–H groups in total. The number of nitrogens with one attached hydrogen (secondary N) is 2. The van der Waals surface area contributed by atoms with Gasteiger partial charge in [0.15, 0.2) is 10.8 Å². The van der Waals surface area contributed by atoms with Gasteiger partial charge in [-0.2, -0.15) is 0 Å². The fraction of sp³-hybridized carbons (Fsp3) is 0.438. The van der Waals surface area contributed by atoms with Gasteiger partial charge in [-0.25, -0.2) is 19.2 Å². The van der Waals surface area contributed by atoms with Gasteiger partial charge >= 0.3 is 6.09 Å². The van der Waals surface area contributed by atoms with Gasteiger partial charge in [-0.15, -0.1) is 11.3 Å². The minimum absolute atomic E-state index is 0.227. The number of hydrogen-bond donors (Lipinski definition) is 2. The summed E-state index contributed by atoms with van der Waals surface area (Å²) in [5, 5.41) is 4.67. The first-order valence-corrected chi connectivity index (χ1v) is 9.59. The van der Waals surface area contributed by atoms with E-state index < -0.39 is 17.5 Å². The normalized spacial score (nSPS) is 14.2. The fourth-order valence-electron chi connectivity index (χ4n) is 2.10. The van der Waals surface area contributed by atoms with E-state index in [1.807, 2.05) is 5.38 Å². The zero-order chi connectivity index (χ0) is 18.0. The van der Waals surface area contributed by atoms with E-state index in [0.717, 1.165) is 24.8 Å². The molecule has 0 aliphatic heterocycles. The minimum Gasteiger partial charge on any atom is -0.444 e. The Labute approximate surface area is 153 Å². The summed E-state index contributed by atoms with van der Waals surface area (Å²) in [5.41, 5.74) is 2.13. The van der Waals surface area contributed by atoms with Gasteiger partial charge in [-0.05, 0) is 33.6 Å². The van der Waals surface area contributed by atoms with Crippen molar-refractivity contribution in [3.8, 4) is 0 Å². The van der Waals surface area contributed by atoms with Crippen LogP contribution in [0.2, 0.25) is 0 Å². The number of carbonyl (C=O) groups excluding carboxylic acids is 1. The molecule has 2 aromatic heterocycles. The van der Waals surface area contributed by atoms with E-state index in [9.17, 15) is 9.18 Å². The van der Waals surface area contributed by atoms with Crippen molar-refractivity contribution in [3.05, 3.63) is 28.5 Å². The number of anilines is 2. The Morgan fingerprint density at radius 3 is 2.80 bits per heavy atom. The van der Waals surface area contributed by atoms with Crippen molar-refractivity contribution in [3.63, 3.8) is 0 Å². The summed E-state index contributed by atoms with van der Waals surface area (Å²) in [4.78, 5) is 20.5. The predicted octanol–water partition coefficient (Wildman–Crippen LogP) is 5.02. The Morgan fingerprint density at radius 1 is 1.44 bits per heavy atom. The molecular weight excluding hydrogens is 363 g/mol. The number of aromatic nitrogens is 2. The molecule has 134 valence electrons. The largest absolute Gasteiger partial charge is 0.444 e. The third-order valence-electron chi connectivity index (χ3n) is 3.26. The van der Waals surface area contributed by atoms with Crippen LogP contribution in [0.4, 0.5) is 20.7 Å². The van der Waals surface area contributed by atoms with Crippen LogP contribution in [0.1, 0.15) is 45.2 Å². The van der Waals surface area contributed by atoms with Gasteiger partial charge in [0.05, 0.1) is 16.9 Å². The number of amides is 1. The summed E-state index contributed by atoms with van der Waals surface area (Å²) < 4.78 is 22.6. The quantitative estimate of drug-likeness (QED) is 0.707. The van der Waals surface area contributed by atoms with Crippen molar-refractivity contribution in [2.75, 3.05) is 10.0 Å². The molecule has 0 aromatic carbocycles. The van der Waals surface area contributed by atoms with Crippen LogP contribution in [0.25, 0.3) is 0 Å². The number of carbonyl (C=O) groups is 1. The lowest BCUT2D eigenvalue weighted by molar-refractivity contribution is 0.0635. The summed E-state index contributed by atoms with van der Waals surface area (Å²) >= 11 is 2.51. The second-order valence-electron chi connectivity index (χ2n) is 6.69.